The Morgan fingerprint density at radius 2 is 2.00 bits per heavy atom. The second-order valence-corrected chi connectivity index (χ2v) is 7.79. The number of aliphatic hydroxyl groups is 1. The van der Waals surface area contributed by atoms with Gasteiger partial charge < -0.3 is 5.11 Å². The van der Waals surface area contributed by atoms with Crippen LogP contribution < -0.4 is 0 Å². The molecule has 102 valence electrons. The highest BCUT2D eigenvalue weighted by Gasteiger charge is 2.60. The van der Waals surface area contributed by atoms with E-state index in [0.717, 1.165) is 35.1 Å². The highest BCUT2D eigenvalue weighted by Crippen LogP contribution is 2.63. The van der Waals surface area contributed by atoms with Gasteiger partial charge in [-0.2, -0.15) is 0 Å². The predicted molar refractivity (Wildman–Crippen MR) is 79.8 cm³/mol. The van der Waals surface area contributed by atoms with Crippen molar-refractivity contribution in [3.8, 4) is 0 Å². The summed E-state index contributed by atoms with van der Waals surface area (Å²) in [6, 6.07) is 8.37. The molecule has 0 aromatic heterocycles. The van der Waals surface area contributed by atoms with Crippen LogP contribution in [-0.4, -0.2) is 10.7 Å². The van der Waals surface area contributed by atoms with Gasteiger partial charge in [0.05, 0.1) is 5.60 Å². The molecule has 1 aromatic rings. The van der Waals surface area contributed by atoms with E-state index >= 15 is 0 Å². The molecule has 5 unspecified atom stereocenters. The lowest BCUT2D eigenvalue weighted by molar-refractivity contribution is -0.0451. The van der Waals surface area contributed by atoms with Gasteiger partial charge in [0, 0.05) is 10.9 Å². The largest absolute Gasteiger partial charge is 0.389 e. The van der Waals surface area contributed by atoms with Crippen molar-refractivity contribution in [2.75, 3.05) is 0 Å². The number of fused-ring (bicyclic) bond motifs is 5. The van der Waals surface area contributed by atoms with Crippen LogP contribution in [0.15, 0.2) is 28.7 Å². The minimum absolute atomic E-state index is 0.431. The van der Waals surface area contributed by atoms with E-state index in [1.54, 1.807) is 0 Å². The van der Waals surface area contributed by atoms with Gasteiger partial charge in [0.2, 0.25) is 0 Å². The standard InChI is InChI=1S/C17H21BrO/c18-16-7-2-1-4-11(16)9-17(19)10-12-8-15(17)14-6-3-5-13(12)14/h1-2,4,7,12-15,19H,3,5-6,8-10H2. The van der Waals surface area contributed by atoms with E-state index < -0.39 is 5.60 Å². The third-order valence-electron chi connectivity index (χ3n) is 6.06. The van der Waals surface area contributed by atoms with E-state index in [0.29, 0.717) is 5.92 Å². The van der Waals surface area contributed by atoms with E-state index in [9.17, 15) is 5.11 Å². The number of benzene rings is 1. The minimum Gasteiger partial charge on any atom is -0.389 e. The summed E-state index contributed by atoms with van der Waals surface area (Å²) in [4.78, 5) is 0. The van der Waals surface area contributed by atoms with Crippen LogP contribution in [0.4, 0.5) is 0 Å². The predicted octanol–water partition coefficient (Wildman–Crippen LogP) is 4.18. The van der Waals surface area contributed by atoms with E-state index in [4.69, 9.17) is 0 Å². The smallest absolute Gasteiger partial charge is 0.0721 e. The van der Waals surface area contributed by atoms with Gasteiger partial charge in [-0.1, -0.05) is 40.5 Å². The van der Waals surface area contributed by atoms with Gasteiger partial charge in [-0.3, -0.25) is 0 Å². The Bertz CT molecular complexity index is 500. The van der Waals surface area contributed by atoms with Crippen LogP contribution in [0.5, 0.6) is 0 Å². The SMILES string of the molecule is OC1(Cc2ccccc2Br)CC2CC1C1CCCC21. The lowest BCUT2D eigenvalue weighted by Gasteiger charge is -2.39. The zero-order chi connectivity index (χ0) is 13.0. The van der Waals surface area contributed by atoms with Gasteiger partial charge in [0.1, 0.15) is 0 Å². The summed E-state index contributed by atoms with van der Waals surface area (Å²) < 4.78 is 1.15. The fourth-order valence-electron chi connectivity index (χ4n) is 5.41. The van der Waals surface area contributed by atoms with Gasteiger partial charge in [-0.15, -0.1) is 0 Å². The normalized spacial score (nSPS) is 43.7. The van der Waals surface area contributed by atoms with E-state index in [2.05, 4.69) is 34.1 Å². The van der Waals surface area contributed by atoms with Crippen molar-refractivity contribution in [3.05, 3.63) is 34.3 Å². The highest BCUT2D eigenvalue weighted by molar-refractivity contribution is 9.10. The van der Waals surface area contributed by atoms with Gasteiger partial charge in [0.25, 0.3) is 0 Å². The third kappa shape index (κ3) is 1.83. The molecule has 3 aliphatic carbocycles. The van der Waals surface area contributed by atoms with Crippen molar-refractivity contribution in [2.24, 2.45) is 23.7 Å². The molecule has 3 fully saturated rings. The van der Waals surface area contributed by atoms with Crippen LogP contribution in [0, 0.1) is 23.7 Å². The topological polar surface area (TPSA) is 20.2 Å². The van der Waals surface area contributed by atoms with Crippen molar-refractivity contribution in [1.82, 2.24) is 0 Å². The number of hydrogen-bond donors (Lipinski definition) is 1. The monoisotopic (exact) mass is 320 g/mol. The molecule has 5 atom stereocenters. The molecule has 1 nitrogen and oxygen atoms in total. The van der Waals surface area contributed by atoms with Crippen molar-refractivity contribution >= 4 is 15.9 Å². The maximum atomic E-state index is 11.2. The molecule has 19 heavy (non-hydrogen) atoms. The zero-order valence-corrected chi connectivity index (χ0v) is 12.8. The molecule has 2 heteroatoms. The first kappa shape index (κ1) is 12.4. The molecular formula is C17H21BrO. The van der Waals surface area contributed by atoms with Gasteiger partial charge >= 0.3 is 0 Å². The summed E-state index contributed by atoms with van der Waals surface area (Å²) in [7, 11) is 0. The fraction of sp³-hybridized carbons (Fsp3) is 0.647. The number of hydrogen-bond acceptors (Lipinski definition) is 1. The zero-order valence-electron chi connectivity index (χ0n) is 11.2. The van der Waals surface area contributed by atoms with Gasteiger partial charge in [-0.05, 0) is 61.0 Å². The molecule has 0 radical (unpaired) electrons. The Labute approximate surface area is 123 Å². The quantitative estimate of drug-likeness (QED) is 0.866. The molecule has 0 amide bonds. The molecule has 0 heterocycles. The maximum Gasteiger partial charge on any atom is 0.0721 e. The van der Waals surface area contributed by atoms with E-state index in [1.807, 2.05) is 6.07 Å². The summed E-state index contributed by atoms with van der Waals surface area (Å²) in [5.41, 5.74) is 0.840. The summed E-state index contributed by atoms with van der Waals surface area (Å²) in [5.74, 6) is 3.15. The molecular weight excluding hydrogens is 300 g/mol. The first-order chi connectivity index (χ1) is 9.17. The Morgan fingerprint density at radius 3 is 2.84 bits per heavy atom. The molecule has 0 aliphatic heterocycles. The summed E-state index contributed by atoms with van der Waals surface area (Å²) in [6.45, 7) is 0. The van der Waals surface area contributed by atoms with E-state index in [-0.39, 0.29) is 0 Å². The van der Waals surface area contributed by atoms with Crippen molar-refractivity contribution in [3.63, 3.8) is 0 Å². The van der Waals surface area contributed by atoms with Gasteiger partial charge in [0.15, 0.2) is 0 Å². The molecule has 4 rings (SSSR count). The van der Waals surface area contributed by atoms with Crippen LogP contribution >= 0.6 is 15.9 Å². The number of rotatable bonds is 2. The Morgan fingerprint density at radius 1 is 1.21 bits per heavy atom. The van der Waals surface area contributed by atoms with Gasteiger partial charge in [-0.25, -0.2) is 0 Å². The lowest BCUT2D eigenvalue weighted by atomic mass is 9.71. The Balaban J connectivity index is 1.60. The average Bonchev–Trinajstić information content (AvgIpc) is 3.02. The molecule has 3 aliphatic rings. The van der Waals surface area contributed by atoms with Crippen LogP contribution in [0.1, 0.15) is 37.7 Å². The van der Waals surface area contributed by atoms with Crippen molar-refractivity contribution < 1.29 is 5.11 Å². The molecule has 1 aromatic carbocycles. The molecule has 1 N–H and O–H groups in total. The molecule has 0 spiro atoms. The third-order valence-corrected chi connectivity index (χ3v) is 6.84. The second-order valence-electron chi connectivity index (χ2n) is 6.94. The Hall–Kier alpha value is -0.340. The summed E-state index contributed by atoms with van der Waals surface area (Å²) in [6.07, 6.45) is 7.35. The van der Waals surface area contributed by atoms with Crippen LogP contribution in [0.2, 0.25) is 0 Å². The molecule has 2 bridgehead atoms. The highest BCUT2D eigenvalue weighted by atomic mass is 79.9. The van der Waals surface area contributed by atoms with Crippen LogP contribution in [0.3, 0.4) is 0 Å². The van der Waals surface area contributed by atoms with Crippen molar-refractivity contribution in [1.29, 1.82) is 0 Å². The molecule has 0 saturated heterocycles. The summed E-state index contributed by atoms with van der Waals surface area (Å²) >= 11 is 3.63. The van der Waals surface area contributed by atoms with E-state index in [1.165, 1.54) is 31.2 Å². The van der Waals surface area contributed by atoms with Crippen LogP contribution in [-0.2, 0) is 6.42 Å². The number of halogens is 1. The fourth-order valence-corrected chi connectivity index (χ4v) is 5.84. The van der Waals surface area contributed by atoms with Crippen molar-refractivity contribution in [2.45, 2.75) is 44.1 Å². The van der Waals surface area contributed by atoms with Crippen LogP contribution in [0.25, 0.3) is 0 Å². The average molecular weight is 321 g/mol. The summed E-state index contributed by atoms with van der Waals surface area (Å²) in [5, 5.41) is 11.2. The minimum atomic E-state index is -0.431. The molecule has 3 saturated carbocycles. The maximum absolute atomic E-state index is 11.2. The lowest BCUT2D eigenvalue weighted by Crippen LogP contribution is -2.43. The first-order valence-corrected chi connectivity index (χ1v) is 8.42. The first-order valence-electron chi connectivity index (χ1n) is 7.63. The Kier molecular flexibility index (Phi) is 2.82. The second kappa shape index (κ2) is 4.33.